The molecule has 0 fully saturated rings. The molecule has 25 heavy (non-hydrogen) atoms. The molecule has 0 unspecified atom stereocenters. The Morgan fingerprint density at radius 1 is 1.00 bits per heavy atom. The molecule has 0 spiro atoms. The zero-order chi connectivity index (χ0) is 18.3. The standard InChI is InChI=1S/C21H25BrO3/c1-4-21(2,3)16-7-11-18(12-8-16)24-15-5-6-20(23)25-19-13-9-17(22)10-14-19/h7-14H,4-6,15H2,1-3H3. The molecule has 0 atom stereocenters. The highest BCUT2D eigenvalue weighted by Gasteiger charge is 2.17. The second-order valence-electron chi connectivity index (χ2n) is 6.64. The van der Waals surface area contributed by atoms with Crippen LogP contribution in [0.4, 0.5) is 0 Å². The number of hydrogen-bond donors (Lipinski definition) is 0. The van der Waals surface area contributed by atoms with Crippen molar-refractivity contribution in [2.24, 2.45) is 0 Å². The van der Waals surface area contributed by atoms with Gasteiger partial charge in [0.15, 0.2) is 0 Å². The second-order valence-corrected chi connectivity index (χ2v) is 7.56. The first kappa shape index (κ1) is 19.5. The Kier molecular flexibility index (Phi) is 7.06. The zero-order valence-electron chi connectivity index (χ0n) is 15.0. The average Bonchev–Trinajstić information content (AvgIpc) is 2.61. The van der Waals surface area contributed by atoms with Crippen molar-refractivity contribution >= 4 is 21.9 Å². The Morgan fingerprint density at radius 2 is 1.60 bits per heavy atom. The lowest BCUT2D eigenvalue weighted by Crippen LogP contribution is -2.15. The average molecular weight is 405 g/mol. The quantitative estimate of drug-likeness (QED) is 0.312. The summed E-state index contributed by atoms with van der Waals surface area (Å²) in [7, 11) is 0. The maximum Gasteiger partial charge on any atom is 0.311 e. The van der Waals surface area contributed by atoms with Gasteiger partial charge in [-0.05, 0) is 60.2 Å². The largest absolute Gasteiger partial charge is 0.494 e. The molecule has 2 rings (SSSR count). The van der Waals surface area contributed by atoms with E-state index in [9.17, 15) is 4.79 Å². The molecular formula is C21H25BrO3. The van der Waals surface area contributed by atoms with Gasteiger partial charge in [-0.2, -0.15) is 0 Å². The minimum Gasteiger partial charge on any atom is -0.494 e. The monoisotopic (exact) mass is 404 g/mol. The molecule has 0 aliphatic rings. The normalized spacial score (nSPS) is 11.2. The van der Waals surface area contributed by atoms with Crippen molar-refractivity contribution in [3.63, 3.8) is 0 Å². The number of benzene rings is 2. The number of carbonyl (C=O) groups is 1. The highest BCUT2D eigenvalue weighted by molar-refractivity contribution is 9.10. The van der Waals surface area contributed by atoms with Crippen LogP contribution in [0.3, 0.4) is 0 Å². The van der Waals surface area contributed by atoms with Crippen LogP contribution in [0, 0.1) is 0 Å². The first-order valence-corrected chi connectivity index (χ1v) is 9.39. The molecule has 0 heterocycles. The van der Waals surface area contributed by atoms with Gasteiger partial charge in [0.05, 0.1) is 6.61 Å². The third-order valence-corrected chi connectivity index (χ3v) is 4.89. The van der Waals surface area contributed by atoms with Crippen LogP contribution in [0.1, 0.15) is 45.6 Å². The summed E-state index contributed by atoms with van der Waals surface area (Å²) >= 11 is 3.35. The third-order valence-electron chi connectivity index (χ3n) is 4.36. The van der Waals surface area contributed by atoms with Gasteiger partial charge in [-0.15, -0.1) is 0 Å². The fourth-order valence-corrected chi connectivity index (χ4v) is 2.56. The van der Waals surface area contributed by atoms with E-state index < -0.39 is 0 Å². The molecule has 0 N–H and O–H groups in total. The van der Waals surface area contributed by atoms with Gasteiger partial charge in [-0.1, -0.05) is 48.8 Å². The maximum absolute atomic E-state index is 11.8. The highest BCUT2D eigenvalue weighted by Crippen LogP contribution is 2.28. The van der Waals surface area contributed by atoms with Crippen LogP contribution in [0.15, 0.2) is 53.0 Å². The fraction of sp³-hybridized carbons (Fsp3) is 0.381. The van der Waals surface area contributed by atoms with E-state index in [4.69, 9.17) is 9.47 Å². The highest BCUT2D eigenvalue weighted by atomic mass is 79.9. The molecule has 0 saturated carbocycles. The van der Waals surface area contributed by atoms with E-state index in [0.717, 1.165) is 16.6 Å². The molecule has 4 heteroatoms. The van der Waals surface area contributed by atoms with Crippen molar-refractivity contribution < 1.29 is 14.3 Å². The lowest BCUT2D eigenvalue weighted by molar-refractivity contribution is -0.134. The summed E-state index contributed by atoms with van der Waals surface area (Å²) in [4.78, 5) is 11.8. The van der Waals surface area contributed by atoms with E-state index in [2.05, 4.69) is 48.8 Å². The van der Waals surface area contributed by atoms with Crippen molar-refractivity contribution in [3.8, 4) is 11.5 Å². The molecule has 0 aliphatic carbocycles. The number of hydrogen-bond acceptors (Lipinski definition) is 3. The van der Waals surface area contributed by atoms with Crippen LogP contribution in [-0.2, 0) is 10.2 Å². The zero-order valence-corrected chi connectivity index (χ0v) is 16.6. The molecule has 2 aromatic rings. The molecule has 0 aromatic heterocycles. The predicted molar refractivity (Wildman–Crippen MR) is 104 cm³/mol. The first-order valence-electron chi connectivity index (χ1n) is 8.60. The smallest absolute Gasteiger partial charge is 0.311 e. The SMILES string of the molecule is CCC(C)(C)c1ccc(OCCCC(=O)Oc2ccc(Br)cc2)cc1. The topological polar surface area (TPSA) is 35.5 Å². The minimum atomic E-state index is -0.244. The third kappa shape index (κ3) is 6.20. The van der Waals surface area contributed by atoms with E-state index in [1.807, 2.05) is 24.3 Å². The number of esters is 1. The summed E-state index contributed by atoms with van der Waals surface area (Å²) in [6, 6.07) is 15.4. The summed E-state index contributed by atoms with van der Waals surface area (Å²) in [6.07, 6.45) is 2.04. The first-order chi connectivity index (χ1) is 11.9. The van der Waals surface area contributed by atoms with E-state index >= 15 is 0 Å². The Balaban J connectivity index is 1.72. The number of carbonyl (C=O) groups excluding carboxylic acids is 1. The van der Waals surface area contributed by atoms with Gasteiger partial charge in [0, 0.05) is 10.9 Å². The van der Waals surface area contributed by atoms with Crippen LogP contribution in [0.5, 0.6) is 11.5 Å². The van der Waals surface area contributed by atoms with Gasteiger partial charge >= 0.3 is 5.97 Å². The lowest BCUT2D eigenvalue weighted by atomic mass is 9.82. The number of rotatable bonds is 8. The summed E-state index contributed by atoms with van der Waals surface area (Å²) in [6.45, 7) is 7.16. The van der Waals surface area contributed by atoms with E-state index in [0.29, 0.717) is 25.2 Å². The lowest BCUT2D eigenvalue weighted by Gasteiger charge is -2.23. The van der Waals surface area contributed by atoms with Gasteiger partial charge in [0.2, 0.25) is 0 Å². The van der Waals surface area contributed by atoms with E-state index in [1.54, 1.807) is 12.1 Å². The summed E-state index contributed by atoms with van der Waals surface area (Å²) in [5.41, 5.74) is 1.48. The van der Waals surface area contributed by atoms with Gasteiger partial charge in [0.1, 0.15) is 11.5 Å². The Morgan fingerprint density at radius 3 is 2.20 bits per heavy atom. The predicted octanol–water partition coefficient (Wildman–Crippen LogP) is 5.90. The van der Waals surface area contributed by atoms with Crippen molar-refractivity contribution in [2.75, 3.05) is 6.61 Å². The number of ether oxygens (including phenoxy) is 2. The Labute approximate surface area is 158 Å². The van der Waals surface area contributed by atoms with Crippen LogP contribution in [0.25, 0.3) is 0 Å². The van der Waals surface area contributed by atoms with Crippen molar-refractivity contribution in [1.29, 1.82) is 0 Å². The van der Waals surface area contributed by atoms with E-state index in [-0.39, 0.29) is 11.4 Å². The second kappa shape index (κ2) is 9.04. The molecule has 0 bridgehead atoms. The van der Waals surface area contributed by atoms with Crippen LogP contribution < -0.4 is 9.47 Å². The molecule has 0 saturated heterocycles. The molecule has 2 aromatic carbocycles. The summed E-state index contributed by atoms with van der Waals surface area (Å²) in [5, 5.41) is 0. The molecule has 0 amide bonds. The van der Waals surface area contributed by atoms with Gasteiger partial charge in [0.25, 0.3) is 0 Å². The maximum atomic E-state index is 11.8. The Bertz CT molecular complexity index is 675. The van der Waals surface area contributed by atoms with Gasteiger partial charge < -0.3 is 9.47 Å². The van der Waals surface area contributed by atoms with Crippen LogP contribution >= 0.6 is 15.9 Å². The summed E-state index contributed by atoms with van der Waals surface area (Å²) < 4.78 is 11.9. The Hall–Kier alpha value is -1.81. The van der Waals surface area contributed by atoms with Crippen molar-refractivity contribution in [1.82, 2.24) is 0 Å². The fourth-order valence-electron chi connectivity index (χ4n) is 2.30. The minimum absolute atomic E-state index is 0.176. The van der Waals surface area contributed by atoms with Crippen molar-refractivity contribution in [2.45, 2.75) is 45.4 Å². The van der Waals surface area contributed by atoms with Crippen molar-refractivity contribution in [3.05, 3.63) is 58.6 Å². The van der Waals surface area contributed by atoms with Gasteiger partial charge in [-0.3, -0.25) is 4.79 Å². The molecule has 3 nitrogen and oxygen atoms in total. The van der Waals surface area contributed by atoms with E-state index in [1.165, 1.54) is 5.56 Å². The molecular weight excluding hydrogens is 380 g/mol. The van der Waals surface area contributed by atoms with Crippen LogP contribution in [-0.4, -0.2) is 12.6 Å². The molecule has 134 valence electrons. The number of halogens is 1. The summed E-state index contributed by atoms with van der Waals surface area (Å²) in [5.74, 6) is 1.14. The molecule has 0 aliphatic heterocycles. The molecule has 0 radical (unpaired) electrons. The van der Waals surface area contributed by atoms with Crippen LogP contribution in [0.2, 0.25) is 0 Å². The van der Waals surface area contributed by atoms with Gasteiger partial charge in [-0.25, -0.2) is 0 Å².